The molecule has 2 heteroatoms. The van der Waals surface area contributed by atoms with Gasteiger partial charge in [0, 0.05) is 11.1 Å². The largest absolute Gasteiger partial charge is 0.507 e. The van der Waals surface area contributed by atoms with Gasteiger partial charge in [0.25, 0.3) is 0 Å². The summed E-state index contributed by atoms with van der Waals surface area (Å²) in [5.41, 5.74) is 6.73. The summed E-state index contributed by atoms with van der Waals surface area (Å²) < 4.78 is 5.94. The average molecular weight is 439 g/mol. The van der Waals surface area contributed by atoms with Crippen LogP contribution in [-0.2, 0) is 28.1 Å². The number of phenolic OH excluding ortho intramolecular Hbond substituents is 1. The van der Waals surface area contributed by atoms with Gasteiger partial charge in [0.05, 0.1) is 7.11 Å². The molecule has 0 unspecified atom stereocenters. The molecule has 0 aromatic heterocycles. The molecule has 178 valence electrons. The highest BCUT2D eigenvalue weighted by Gasteiger charge is 2.29. The van der Waals surface area contributed by atoms with Crippen molar-refractivity contribution in [3.63, 3.8) is 0 Å². The monoisotopic (exact) mass is 438 g/mol. The highest BCUT2D eigenvalue weighted by atomic mass is 16.5. The Bertz CT molecular complexity index is 898. The molecule has 0 spiro atoms. The number of hydrogen-bond donors (Lipinski definition) is 1. The molecule has 0 radical (unpaired) electrons. The quantitative estimate of drug-likeness (QED) is 0.523. The molecule has 32 heavy (non-hydrogen) atoms. The summed E-state index contributed by atoms with van der Waals surface area (Å²) in [6.45, 7) is 26.5. The van der Waals surface area contributed by atoms with E-state index in [0.29, 0.717) is 5.75 Å². The maximum Gasteiger partial charge on any atom is 0.126 e. The first kappa shape index (κ1) is 26.3. The molecule has 2 nitrogen and oxygen atoms in total. The van der Waals surface area contributed by atoms with Crippen molar-refractivity contribution in [2.45, 2.75) is 111 Å². The molecule has 0 saturated heterocycles. The van der Waals surface area contributed by atoms with E-state index in [0.717, 1.165) is 23.3 Å². The molecule has 2 rings (SSSR count). The number of hydrogen-bond acceptors (Lipinski definition) is 2. The molecule has 0 aliphatic rings. The summed E-state index contributed by atoms with van der Waals surface area (Å²) in [5, 5.41) is 11.1. The predicted octanol–water partition coefficient (Wildman–Crippen LogP) is 8.18. The van der Waals surface area contributed by atoms with Crippen molar-refractivity contribution >= 4 is 0 Å². The van der Waals surface area contributed by atoms with Crippen LogP contribution in [-0.4, -0.2) is 12.2 Å². The van der Waals surface area contributed by atoms with Crippen molar-refractivity contribution in [1.82, 2.24) is 0 Å². The van der Waals surface area contributed by atoms with Crippen molar-refractivity contribution in [1.29, 1.82) is 0 Å². The Morgan fingerprint density at radius 3 is 1.09 bits per heavy atom. The van der Waals surface area contributed by atoms with Crippen LogP contribution in [0.5, 0.6) is 11.5 Å². The maximum absolute atomic E-state index is 11.1. The summed E-state index contributed by atoms with van der Waals surface area (Å²) in [4.78, 5) is 0. The number of phenols is 1. The summed E-state index contributed by atoms with van der Waals surface area (Å²) in [5.74, 6) is 1.44. The van der Waals surface area contributed by atoms with E-state index in [-0.39, 0.29) is 21.7 Å². The number of rotatable bonds is 3. The zero-order valence-electron chi connectivity index (χ0n) is 22.9. The minimum atomic E-state index is -0.132. The van der Waals surface area contributed by atoms with Crippen LogP contribution in [0.25, 0.3) is 0 Å². The predicted molar refractivity (Wildman–Crippen MR) is 139 cm³/mol. The standard InChI is InChI=1S/C30H46O2/c1-27(2,3)21-15-19(16-22(25(21)31)28(4,5)6)14-20-17-23(29(7,8)9)26(32-13)24(18-20)30(10,11)12/h15-18,31H,14H2,1-13H3. The second-order valence-electron chi connectivity index (χ2n) is 13.4. The van der Waals surface area contributed by atoms with Crippen molar-refractivity contribution in [3.8, 4) is 11.5 Å². The Labute approximate surface area is 197 Å². The van der Waals surface area contributed by atoms with E-state index in [9.17, 15) is 5.11 Å². The zero-order valence-corrected chi connectivity index (χ0v) is 22.9. The van der Waals surface area contributed by atoms with Gasteiger partial charge < -0.3 is 9.84 Å². The Balaban J connectivity index is 2.77. The lowest BCUT2D eigenvalue weighted by molar-refractivity contribution is 0.381. The van der Waals surface area contributed by atoms with Gasteiger partial charge in [-0.15, -0.1) is 0 Å². The summed E-state index contributed by atoms with van der Waals surface area (Å²) in [6, 6.07) is 9.02. The molecule has 0 saturated carbocycles. The third-order valence-corrected chi connectivity index (χ3v) is 6.16. The van der Waals surface area contributed by atoms with E-state index >= 15 is 0 Å². The van der Waals surface area contributed by atoms with Gasteiger partial charge in [-0.3, -0.25) is 0 Å². The molecule has 2 aromatic carbocycles. The number of aromatic hydroxyl groups is 1. The van der Waals surface area contributed by atoms with Crippen LogP contribution in [0.1, 0.15) is 116 Å². The van der Waals surface area contributed by atoms with Crippen LogP contribution in [0.15, 0.2) is 24.3 Å². The van der Waals surface area contributed by atoms with E-state index in [1.165, 1.54) is 22.3 Å². The highest BCUT2D eigenvalue weighted by Crippen LogP contribution is 2.43. The van der Waals surface area contributed by atoms with Gasteiger partial charge in [-0.05, 0) is 50.3 Å². The van der Waals surface area contributed by atoms with E-state index < -0.39 is 0 Å². The molecule has 0 bridgehead atoms. The average Bonchev–Trinajstić information content (AvgIpc) is 2.58. The Kier molecular flexibility index (Phi) is 6.93. The Morgan fingerprint density at radius 1 is 0.562 bits per heavy atom. The highest BCUT2D eigenvalue weighted by molar-refractivity contribution is 5.54. The first-order valence-corrected chi connectivity index (χ1v) is 11.9. The lowest BCUT2D eigenvalue weighted by atomic mass is 9.76. The van der Waals surface area contributed by atoms with Crippen LogP contribution in [0.3, 0.4) is 0 Å². The van der Waals surface area contributed by atoms with Crippen molar-refractivity contribution < 1.29 is 9.84 Å². The summed E-state index contributed by atoms with van der Waals surface area (Å²) in [6.07, 6.45) is 0.822. The second-order valence-corrected chi connectivity index (χ2v) is 13.4. The van der Waals surface area contributed by atoms with Crippen LogP contribution >= 0.6 is 0 Å². The first-order chi connectivity index (χ1) is 14.3. The smallest absolute Gasteiger partial charge is 0.126 e. The molecule has 0 aliphatic carbocycles. The Hall–Kier alpha value is -1.96. The molecule has 0 amide bonds. The van der Waals surface area contributed by atoms with Crippen molar-refractivity contribution in [2.24, 2.45) is 0 Å². The second kappa shape index (κ2) is 8.43. The van der Waals surface area contributed by atoms with Crippen molar-refractivity contribution in [2.75, 3.05) is 7.11 Å². The molecule has 2 aromatic rings. The zero-order chi connectivity index (χ0) is 24.9. The molecular formula is C30H46O2. The van der Waals surface area contributed by atoms with E-state index in [1.54, 1.807) is 7.11 Å². The van der Waals surface area contributed by atoms with Gasteiger partial charge >= 0.3 is 0 Å². The molecular weight excluding hydrogens is 392 g/mol. The summed E-state index contributed by atoms with van der Waals surface area (Å²) >= 11 is 0. The third kappa shape index (κ3) is 5.69. The Morgan fingerprint density at radius 2 is 0.844 bits per heavy atom. The fourth-order valence-electron chi connectivity index (χ4n) is 4.30. The van der Waals surface area contributed by atoms with Gasteiger partial charge in [-0.25, -0.2) is 0 Å². The minimum absolute atomic E-state index is 0.0244. The maximum atomic E-state index is 11.1. The fraction of sp³-hybridized carbons (Fsp3) is 0.600. The van der Waals surface area contributed by atoms with Gasteiger partial charge in [-0.2, -0.15) is 0 Å². The van der Waals surface area contributed by atoms with Gasteiger partial charge in [0.2, 0.25) is 0 Å². The first-order valence-electron chi connectivity index (χ1n) is 11.9. The number of benzene rings is 2. The lowest BCUT2D eigenvalue weighted by Gasteiger charge is -2.30. The normalized spacial score (nSPS) is 13.4. The molecule has 0 aliphatic heterocycles. The van der Waals surface area contributed by atoms with Gasteiger partial charge in [0.15, 0.2) is 0 Å². The number of methoxy groups -OCH3 is 1. The van der Waals surface area contributed by atoms with Crippen LogP contribution in [0, 0.1) is 0 Å². The van der Waals surface area contributed by atoms with Gasteiger partial charge in [-0.1, -0.05) is 107 Å². The van der Waals surface area contributed by atoms with Crippen molar-refractivity contribution in [3.05, 3.63) is 57.6 Å². The molecule has 0 heterocycles. The molecule has 0 fully saturated rings. The SMILES string of the molecule is COc1c(C(C)(C)C)cc(Cc2cc(C(C)(C)C)c(O)c(C(C)(C)C)c2)cc1C(C)(C)C. The van der Waals surface area contributed by atoms with E-state index in [1.807, 2.05) is 0 Å². The lowest BCUT2D eigenvalue weighted by Crippen LogP contribution is -2.20. The topological polar surface area (TPSA) is 29.5 Å². The van der Waals surface area contributed by atoms with Crippen LogP contribution in [0.2, 0.25) is 0 Å². The third-order valence-electron chi connectivity index (χ3n) is 6.16. The van der Waals surface area contributed by atoms with Crippen LogP contribution in [0.4, 0.5) is 0 Å². The molecule has 1 N–H and O–H groups in total. The molecule has 0 atom stereocenters. The summed E-state index contributed by atoms with van der Waals surface area (Å²) in [7, 11) is 1.78. The van der Waals surface area contributed by atoms with E-state index in [4.69, 9.17) is 4.74 Å². The van der Waals surface area contributed by atoms with Gasteiger partial charge in [0.1, 0.15) is 11.5 Å². The minimum Gasteiger partial charge on any atom is -0.507 e. The fourth-order valence-corrected chi connectivity index (χ4v) is 4.30. The van der Waals surface area contributed by atoms with E-state index in [2.05, 4.69) is 107 Å². The number of ether oxygens (including phenoxy) is 1. The van der Waals surface area contributed by atoms with Crippen LogP contribution < -0.4 is 4.74 Å².